The molecule has 0 saturated heterocycles. The van der Waals surface area contributed by atoms with Crippen LogP contribution in [-0.2, 0) is 26.2 Å². The molecule has 0 unspecified atom stereocenters. The summed E-state index contributed by atoms with van der Waals surface area (Å²) in [5, 5.41) is 2.90. The van der Waals surface area contributed by atoms with Crippen LogP contribution in [-0.4, -0.2) is 26.8 Å². The molecule has 0 aliphatic carbocycles. The summed E-state index contributed by atoms with van der Waals surface area (Å²) in [5.74, 6) is -0.146. The third-order valence-corrected chi connectivity index (χ3v) is 10.3. The molecule has 2 heterocycles. The average Bonchev–Trinajstić information content (AvgIpc) is 3.36. The Kier molecular flexibility index (Phi) is 7.67. The summed E-state index contributed by atoms with van der Waals surface area (Å²) in [6, 6.07) is 19.0. The number of thiophene rings is 1. The van der Waals surface area contributed by atoms with Crippen LogP contribution in [0.15, 0.2) is 97.8 Å². The van der Waals surface area contributed by atoms with E-state index < -0.39 is 31.8 Å². The fraction of sp³-hybridized carbons (Fsp3) is 0.0400. The summed E-state index contributed by atoms with van der Waals surface area (Å²) in [5.41, 5.74) is -0.235. The van der Waals surface area contributed by atoms with Gasteiger partial charge in [0.25, 0.3) is 20.0 Å². The molecule has 0 fully saturated rings. The second-order valence-electron chi connectivity index (χ2n) is 8.41. The highest BCUT2D eigenvalue weighted by atomic mass is 79.9. The van der Waals surface area contributed by atoms with E-state index in [1.54, 1.807) is 30.3 Å². The topological polar surface area (TPSA) is 130 Å². The van der Waals surface area contributed by atoms with Gasteiger partial charge in [-0.25, -0.2) is 26.8 Å². The lowest BCUT2D eigenvalue weighted by Crippen LogP contribution is -2.15. The molecule has 0 atom stereocenters. The van der Waals surface area contributed by atoms with Gasteiger partial charge in [-0.05, 0) is 76.6 Å². The van der Waals surface area contributed by atoms with Gasteiger partial charge >= 0.3 is 6.18 Å². The highest BCUT2D eigenvalue weighted by Gasteiger charge is 2.31. The van der Waals surface area contributed by atoms with Crippen molar-refractivity contribution in [3.05, 3.63) is 94.3 Å². The second-order valence-corrected chi connectivity index (χ2v) is 14.5. The van der Waals surface area contributed by atoms with Gasteiger partial charge in [0, 0.05) is 11.4 Å². The highest BCUT2D eigenvalue weighted by molar-refractivity contribution is 9.11. The van der Waals surface area contributed by atoms with E-state index in [9.17, 15) is 30.0 Å². The molecule has 41 heavy (non-hydrogen) atoms. The Morgan fingerprint density at radius 1 is 0.707 bits per heavy atom. The van der Waals surface area contributed by atoms with Crippen LogP contribution in [0.4, 0.5) is 36.2 Å². The predicted molar refractivity (Wildman–Crippen MR) is 154 cm³/mol. The Morgan fingerprint density at radius 3 is 2.02 bits per heavy atom. The van der Waals surface area contributed by atoms with E-state index in [4.69, 9.17) is 0 Å². The molecular weight excluding hydrogens is 667 g/mol. The van der Waals surface area contributed by atoms with Crippen LogP contribution in [0.25, 0.3) is 11.0 Å². The van der Waals surface area contributed by atoms with Crippen LogP contribution in [0.1, 0.15) is 5.56 Å². The Labute approximate surface area is 244 Å². The molecule has 5 aromatic rings. The summed E-state index contributed by atoms with van der Waals surface area (Å²) in [6.07, 6.45) is -4.65. The number of aromatic nitrogens is 2. The second kappa shape index (κ2) is 10.9. The number of fused-ring (bicyclic) bond motifs is 1. The van der Waals surface area contributed by atoms with Crippen LogP contribution in [0.2, 0.25) is 0 Å². The van der Waals surface area contributed by atoms with Crippen molar-refractivity contribution in [2.45, 2.75) is 15.3 Å². The molecule has 3 N–H and O–H groups in total. The Morgan fingerprint density at radius 2 is 1.37 bits per heavy atom. The average molecular weight is 685 g/mol. The fourth-order valence-corrected chi connectivity index (χ4v) is 7.74. The van der Waals surface area contributed by atoms with Gasteiger partial charge < -0.3 is 5.32 Å². The largest absolute Gasteiger partial charge is 0.416 e. The van der Waals surface area contributed by atoms with Crippen LogP contribution < -0.4 is 14.8 Å². The number of anilines is 4. The lowest BCUT2D eigenvalue weighted by molar-refractivity contribution is -0.137. The fourth-order valence-electron chi connectivity index (χ4n) is 3.63. The van der Waals surface area contributed by atoms with E-state index in [1.165, 1.54) is 36.4 Å². The zero-order chi connectivity index (χ0) is 29.4. The van der Waals surface area contributed by atoms with Gasteiger partial charge in [0.05, 0.1) is 25.3 Å². The van der Waals surface area contributed by atoms with E-state index in [0.717, 1.165) is 23.5 Å². The first kappa shape index (κ1) is 28.8. The molecule has 0 saturated carbocycles. The Balaban J connectivity index is 1.47. The van der Waals surface area contributed by atoms with Crippen molar-refractivity contribution in [3.63, 3.8) is 0 Å². The maximum Gasteiger partial charge on any atom is 0.416 e. The summed E-state index contributed by atoms with van der Waals surface area (Å²) >= 11 is 4.24. The number of nitrogens with one attached hydrogen (secondary N) is 3. The van der Waals surface area contributed by atoms with Crippen molar-refractivity contribution >= 4 is 81.4 Å². The maximum absolute atomic E-state index is 13.1. The van der Waals surface area contributed by atoms with Crippen molar-refractivity contribution in [2.24, 2.45) is 0 Å². The Hall–Kier alpha value is -3.73. The molecule has 0 spiro atoms. The molecule has 0 bridgehead atoms. The van der Waals surface area contributed by atoms with Gasteiger partial charge in [-0.3, -0.25) is 9.44 Å². The van der Waals surface area contributed by atoms with E-state index >= 15 is 0 Å². The number of alkyl halides is 3. The number of nitrogens with zero attached hydrogens (tertiary/aromatic N) is 2. The Bertz CT molecular complexity index is 1980. The van der Waals surface area contributed by atoms with Gasteiger partial charge in [-0.1, -0.05) is 24.3 Å². The van der Waals surface area contributed by atoms with Crippen molar-refractivity contribution < 1.29 is 30.0 Å². The summed E-state index contributed by atoms with van der Waals surface area (Å²) in [7, 11) is -8.35. The summed E-state index contributed by atoms with van der Waals surface area (Å²) in [6.45, 7) is 0. The zero-order valence-corrected chi connectivity index (χ0v) is 24.4. The number of hydrogen-bond donors (Lipinski definition) is 3. The molecule has 2 aromatic heterocycles. The highest BCUT2D eigenvalue weighted by Crippen LogP contribution is 2.33. The van der Waals surface area contributed by atoms with Gasteiger partial charge in [0.2, 0.25) is 0 Å². The smallest absolute Gasteiger partial charge is 0.337 e. The van der Waals surface area contributed by atoms with E-state index in [0.29, 0.717) is 20.9 Å². The van der Waals surface area contributed by atoms with Crippen LogP contribution in [0.5, 0.6) is 0 Å². The number of halogens is 4. The maximum atomic E-state index is 13.1. The zero-order valence-electron chi connectivity index (χ0n) is 20.3. The van der Waals surface area contributed by atoms with Crippen molar-refractivity contribution in [1.29, 1.82) is 0 Å². The summed E-state index contributed by atoms with van der Waals surface area (Å²) < 4.78 is 96.5. The van der Waals surface area contributed by atoms with Crippen molar-refractivity contribution in [3.8, 4) is 0 Å². The molecule has 9 nitrogen and oxygen atoms in total. The molecule has 3 aromatic carbocycles. The number of rotatable bonds is 8. The lowest BCUT2D eigenvalue weighted by Gasteiger charge is -2.14. The third-order valence-electron chi connectivity index (χ3n) is 5.46. The minimum Gasteiger partial charge on any atom is -0.337 e. The summed E-state index contributed by atoms with van der Waals surface area (Å²) in [4.78, 5) is 8.60. The molecule has 5 rings (SSSR count). The van der Waals surface area contributed by atoms with Crippen molar-refractivity contribution in [2.75, 3.05) is 14.8 Å². The van der Waals surface area contributed by atoms with Crippen LogP contribution in [0, 0.1) is 0 Å². The van der Waals surface area contributed by atoms with Crippen LogP contribution >= 0.6 is 27.3 Å². The molecule has 0 aliphatic heterocycles. The lowest BCUT2D eigenvalue weighted by atomic mass is 10.2. The minimum atomic E-state index is -4.65. The number of hydrogen-bond acceptors (Lipinski definition) is 8. The quantitative estimate of drug-likeness (QED) is 0.164. The SMILES string of the molecule is O=S(=O)(Nc1cccc(C(F)(F)F)c1)c1cccc(Nc2nc3ccccc3nc2NS(=O)(=O)c2ccc(Br)s2)c1. The minimum absolute atomic E-state index is 0.0108. The normalized spacial score (nSPS) is 12.3. The van der Waals surface area contributed by atoms with E-state index in [-0.39, 0.29) is 32.1 Å². The monoisotopic (exact) mass is 683 g/mol. The van der Waals surface area contributed by atoms with E-state index in [1.807, 2.05) is 0 Å². The number of sulfonamides is 2. The van der Waals surface area contributed by atoms with E-state index in [2.05, 4.69) is 40.7 Å². The first-order valence-corrected chi connectivity index (χ1v) is 16.0. The standard InChI is InChI=1S/C25H17BrF3N5O4S3/c26-21-11-12-22(39-21)41(37,38)34-24-23(31-19-9-1-2-10-20(19)32-24)30-16-6-4-8-18(14-16)40(35,36)33-17-7-3-5-15(13-17)25(27,28)29/h1-14,33H,(H,30,31)(H,32,34). The number of benzene rings is 3. The van der Waals surface area contributed by atoms with Gasteiger partial charge in [-0.2, -0.15) is 13.2 Å². The van der Waals surface area contributed by atoms with Gasteiger partial charge in [0.15, 0.2) is 11.6 Å². The molecule has 0 amide bonds. The van der Waals surface area contributed by atoms with Crippen LogP contribution in [0.3, 0.4) is 0 Å². The first-order chi connectivity index (χ1) is 19.3. The van der Waals surface area contributed by atoms with Crippen molar-refractivity contribution in [1.82, 2.24) is 9.97 Å². The third kappa shape index (κ3) is 6.61. The number of para-hydroxylation sites is 2. The molecule has 16 heteroatoms. The first-order valence-electron chi connectivity index (χ1n) is 11.4. The predicted octanol–water partition coefficient (Wildman–Crippen LogP) is 6.82. The molecule has 0 aliphatic rings. The van der Waals surface area contributed by atoms with Gasteiger partial charge in [0.1, 0.15) is 4.21 Å². The molecule has 212 valence electrons. The molecular formula is C25H17BrF3N5O4S3. The molecule has 0 radical (unpaired) electrons. The van der Waals surface area contributed by atoms with Gasteiger partial charge in [-0.15, -0.1) is 11.3 Å².